The van der Waals surface area contributed by atoms with Crippen LogP contribution in [0.5, 0.6) is 0 Å². The Bertz CT molecular complexity index is 1180. The Morgan fingerprint density at radius 1 is 1.13 bits per heavy atom. The van der Waals surface area contributed by atoms with Gasteiger partial charge in [-0.1, -0.05) is 24.3 Å². The molecule has 0 radical (unpaired) electrons. The summed E-state index contributed by atoms with van der Waals surface area (Å²) in [5, 5.41) is 1.06. The summed E-state index contributed by atoms with van der Waals surface area (Å²) in [5.74, 6) is 1.20. The molecule has 8 heteroatoms. The number of para-hydroxylation sites is 1. The second-order valence-corrected chi connectivity index (χ2v) is 8.26. The first-order valence-corrected chi connectivity index (χ1v) is 11.2. The Morgan fingerprint density at radius 3 is 2.84 bits per heavy atom. The van der Waals surface area contributed by atoms with Crippen LogP contribution in [0.3, 0.4) is 0 Å². The van der Waals surface area contributed by atoms with Crippen molar-refractivity contribution in [1.29, 1.82) is 0 Å². The molecular formula is C23H26FN5OS. The molecule has 0 saturated carbocycles. The molecule has 2 heterocycles. The molecule has 0 unspecified atom stereocenters. The maximum absolute atomic E-state index is 13.3. The van der Waals surface area contributed by atoms with E-state index in [0.717, 1.165) is 58.6 Å². The number of anilines is 1. The minimum atomic E-state index is -0.219. The Kier molecular flexibility index (Phi) is 7.01. The lowest BCUT2D eigenvalue weighted by atomic mass is 10.2. The van der Waals surface area contributed by atoms with Crippen molar-refractivity contribution in [2.75, 3.05) is 26.0 Å². The summed E-state index contributed by atoms with van der Waals surface area (Å²) in [6, 6.07) is 14.6. The summed E-state index contributed by atoms with van der Waals surface area (Å²) in [6.45, 7) is 2.25. The predicted molar refractivity (Wildman–Crippen MR) is 125 cm³/mol. The van der Waals surface area contributed by atoms with E-state index < -0.39 is 0 Å². The number of hydrogen-bond acceptors (Lipinski definition) is 6. The lowest BCUT2D eigenvalue weighted by Gasteiger charge is -2.11. The van der Waals surface area contributed by atoms with Gasteiger partial charge in [-0.25, -0.2) is 14.4 Å². The van der Waals surface area contributed by atoms with Gasteiger partial charge in [-0.15, -0.1) is 0 Å². The Balaban J connectivity index is 1.47. The molecule has 0 aliphatic heterocycles. The first kappa shape index (κ1) is 21.5. The van der Waals surface area contributed by atoms with Gasteiger partial charge in [-0.2, -0.15) is 0 Å². The molecule has 0 bridgehead atoms. The summed E-state index contributed by atoms with van der Waals surface area (Å²) >= 11 is 1.45. The molecule has 162 valence electrons. The number of rotatable bonds is 10. The number of ether oxygens (including phenoxy) is 1. The molecule has 0 saturated heterocycles. The van der Waals surface area contributed by atoms with Crippen LogP contribution in [0.4, 0.5) is 10.2 Å². The number of hydrogen-bond donors (Lipinski definition) is 2. The lowest BCUT2D eigenvalue weighted by Crippen LogP contribution is -2.10. The molecule has 31 heavy (non-hydrogen) atoms. The van der Waals surface area contributed by atoms with Crippen molar-refractivity contribution in [2.45, 2.75) is 30.7 Å². The van der Waals surface area contributed by atoms with Crippen LogP contribution in [0, 0.1) is 5.82 Å². The topological polar surface area (TPSA) is 78.0 Å². The number of imidazole rings is 1. The highest BCUT2D eigenvalue weighted by Crippen LogP contribution is 2.29. The molecule has 0 aliphatic carbocycles. The van der Waals surface area contributed by atoms with Crippen LogP contribution < -0.4 is 10.5 Å². The maximum atomic E-state index is 13.3. The second kappa shape index (κ2) is 10.1. The van der Waals surface area contributed by atoms with Crippen LogP contribution in [0.15, 0.2) is 53.4 Å². The van der Waals surface area contributed by atoms with Gasteiger partial charge in [0, 0.05) is 36.9 Å². The van der Waals surface area contributed by atoms with Gasteiger partial charge in [-0.3, -0.25) is 4.72 Å². The zero-order valence-corrected chi connectivity index (χ0v) is 18.3. The molecule has 0 spiro atoms. The van der Waals surface area contributed by atoms with Crippen LogP contribution in [0.2, 0.25) is 0 Å². The smallest absolute Gasteiger partial charge is 0.152 e. The fourth-order valence-corrected chi connectivity index (χ4v) is 4.39. The molecule has 0 amide bonds. The van der Waals surface area contributed by atoms with Crippen LogP contribution in [-0.2, 0) is 17.7 Å². The zero-order chi connectivity index (χ0) is 21.6. The summed E-state index contributed by atoms with van der Waals surface area (Å²) < 4.78 is 24.1. The summed E-state index contributed by atoms with van der Waals surface area (Å²) in [5.41, 5.74) is 8.90. The first-order valence-electron chi connectivity index (χ1n) is 10.3. The Morgan fingerprint density at radius 2 is 2.00 bits per heavy atom. The van der Waals surface area contributed by atoms with Gasteiger partial charge in [0.1, 0.15) is 17.2 Å². The number of nitrogen functional groups attached to an aromatic ring is 1. The minimum absolute atomic E-state index is 0.219. The van der Waals surface area contributed by atoms with E-state index in [0.29, 0.717) is 18.8 Å². The number of methoxy groups -OCH3 is 1. The Labute approximate surface area is 185 Å². The van der Waals surface area contributed by atoms with Crippen molar-refractivity contribution in [3.05, 3.63) is 60.2 Å². The van der Waals surface area contributed by atoms with Gasteiger partial charge in [0.15, 0.2) is 5.82 Å². The average molecular weight is 440 g/mol. The van der Waals surface area contributed by atoms with Gasteiger partial charge in [0.2, 0.25) is 0 Å². The molecule has 6 nitrogen and oxygen atoms in total. The number of unbranched alkanes of at least 4 members (excludes halogenated alkanes) is 1. The van der Waals surface area contributed by atoms with Crippen molar-refractivity contribution >= 4 is 39.7 Å². The third-order valence-electron chi connectivity index (χ3n) is 5.12. The number of aromatic nitrogens is 3. The van der Waals surface area contributed by atoms with Gasteiger partial charge >= 0.3 is 0 Å². The lowest BCUT2D eigenvalue weighted by molar-refractivity contribution is 0.199. The average Bonchev–Trinajstić information content (AvgIpc) is 3.14. The van der Waals surface area contributed by atoms with E-state index in [1.54, 1.807) is 13.2 Å². The van der Waals surface area contributed by atoms with Crippen LogP contribution >= 0.6 is 11.9 Å². The third kappa shape index (κ3) is 4.98. The summed E-state index contributed by atoms with van der Waals surface area (Å²) in [4.78, 5) is 10.2. The zero-order valence-electron chi connectivity index (χ0n) is 17.5. The van der Waals surface area contributed by atoms with E-state index in [-0.39, 0.29) is 5.82 Å². The number of benzene rings is 2. The number of aryl methyl sites for hydroxylation is 1. The van der Waals surface area contributed by atoms with Gasteiger partial charge in [0.05, 0.1) is 17.6 Å². The van der Waals surface area contributed by atoms with Gasteiger partial charge < -0.3 is 15.0 Å². The highest BCUT2D eigenvalue weighted by molar-refractivity contribution is 7.97. The van der Waals surface area contributed by atoms with Gasteiger partial charge in [-0.05, 0) is 49.1 Å². The molecule has 4 aromatic rings. The van der Waals surface area contributed by atoms with Crippen molar-refractivity contribution in [3.8, 4) is 0 Å². The first-order chi connectivity index (χ1) is 15.2. The second-order valence-electron chi connectivity index (χ2n) is 7.29. The molecule has 0 aliphatic rings. The highest BCUT2D eigenvalue weighted by atomic mass is 32.2. The summed E-state index contributed by atoms with van der Waals surface area (Å²) in [6.07, 6.45) is 2.66. The normalized spacial score (nSPS) is 11.5. The number of fused-ring (bicyclic) bond motifs is 3. The molecule has 2 aromatic carbocycles. The SMILES string of the molecule is COCCc1nc2c(N)nc3ccccc3c2n1CCCCNSc1cccc(F)c1. The number of nitrogens with one attached hydrogen (secondary N) is 1. The quantitative estimate of drug-likeness (QED) is 0.278. The highest BCUT2D eigenvalue weighted by Gasteiger charge is 2.16. The van der Waals surface area contributed by atoms with Crippen molar-refractivity contribution in [1.82, 2.24) is 19.3 Å². The molecule has 2 aromatic heterocycles. The van der Waals surface area contributed by atoms with E-state index in [1.165, 1.54) is 24.1 Å². The number of pyridine rings is 1. The fraction of sp³-hybridized carbons (Fsp3) is 0.304. The monoisotopic (exact) mass is 439 g/mol. The van der Waals surface area contributed by atoms with Crippen molar-refractivity contribution < 1.29 is 9.13 Å². The maximum Gasteiger partial charge on any atom is 0.152 e. The van der Waals surface area contributed by atoms with E-state index in [9.17, 15) is 4.39 Å². The molecular weight excluding hydrogens is 413 g/mol. The van der Waals surface area contributed by atoms with Crippen LogP contribution in [-0.4, -0.2) is 34.8 Å². The molecule has 4 rings (SSSR count). The standard InChI is InChI=1S/C23H26FN5OS/c1-30-14-11-20-28-21-22(18-9-2-3-10-19(18)27-23(21)25)29(20)13-5-4-12-26-31-17-8-6-7-16(24)15-17/h2-3,6-10,15,26H,4-5,11-14H2,1H3,(H2,25,27). The van der Waals surface area contributed by atoms with E-state index >= 15 is 0 Å². The van der Waals surface area contributed by atoms with Crippen molar-refractivity contribution in [3.63, 3.8) is 0 Å². The number of nitrogens with zero attached hydrogens (tertiary/aromatic N) is 3. The van der Waals surface area contributed by atoms with E-state index in [4.69, 9.17) is 15.5 Å². The van der Waals surface area contributed by atoms with Crippen LogP contribution in [0.1, 0.15) is 18.7 Å². The number of nitrogens with two attached hydrogens (primary N) is 1. The molecule has 3 N–H and O–H groups in total. The van der Waals surface area contributed by atoms with E-state index in [1.807, 2.05) is 24.3 Å². The minimum Gasteiger partial charge on any atom is -0.384 e. The molecule has 0 atom stereocenters. The van der Waals surface area contributed by atoms with Gasteiger partial charge in [0.25, 0.3) is 0 Å². The van der Waals surface area contributed by atoms with E-state index in [2.05, 4.69) is 20.3 Å². The number of halogens is 1. The van der Waals surface area contributed by atoms with Crippen LogP contribution in [0.25, 0.3) is 21.9 Å². The Hall–Kier alpha value is -2.68. The van der Waals surface area contributed by atoms with Crippen molar-refractivity contribution in [2.24, 2.45) is 0 Å². The molecule has 0 fully saturated rings. The predicted octanol–water partition coefficient (Wildman–Crippen LogP) is 4.57. The third-order valence-corrected chi connectivity index (χ3v) is 5.95. The summed E-state index contributed by atoms with van der Waals surface area (Å²) in [7, 11) is 1.69. The fourth-order valence-electron chi connectivity index (χ4n) is 3.66. The largest absolute Gasteiger partial charge is 0.384 e.